The van der Waals surface area contributed by atoms with E-state index in [0.717, 1.165) is 17.5 Å². The highest BCUT2D eigenvalue weighted by atomic mass is 32.1. The van der Waals surface area contributed by atoms with Crippen LogP contribution < -0.4 is 5.32 Å². The minimum atomic E-state index is -0.400. The van der Waals surface area contributed by atoms with Gasteiger partial charge in [0.2, 0.25) is 0 Å². The fraction of sp³-hybridized carbons (Fsp3) is 0.167. The van der Waals surface area contributed by atoms with Crippen molar-refractivity contribution in [1.29, 1.82) is 0 Å². The Hall–Kier alpha value is -3.78. The van der Waals surface area contributed by atoms with Gasteiger partial charge in [-0.15, -0.1) is 11.3 Å². The zero-order valence-electron chi connectivity index (χ0n) is 17.4. The molecule has 4 aromatic rings. The molecule has 5 rings (SSSR count). The van der Waals surface area contributed by atoms with E-state index in [-0.39, 0.29) is 11.6 Å². The number of hydrogen-bond acceptors (Lipinski definition) is 6. The Kier molecular flexibility index (Phi) is 5.28. The third-order valence-electron chi connectivity index (χ3n) is 5.61. The van der Waals surface area contributed by atoms with Crippen LogP contribution >= 0.6 is 11.3 Å². The molecule has 0 aliphatic carbocycles. The number of nitrogens with one attached hydrogen (secondary N) is 1. The smallest absolute Gasteiger partial charge is 0.277 e. The van der Waals surface area contributed by atoms with Gasteiger partial charge in [0.15, 0.2) is 11.5 Å². The largest absolute Gasteiger partial charge is 0.355 e. The number of amides is 2. The Balaban J connectivity index is 1.33. The molecule has 0 atom stereocenters. The first-order valence-corrected chi connectivity index (χ1v) is 11.1. The molecule has 0 spiro atoms. The van der Waals surface area contributed by atoms with Gasteiger partial charge in [-0.25, -0.2) is 0 Å². The molecule has 0 radical (unpaired) electrons. The van der Waals surface area contributed by atoms with Crippen LogP contribution in [0.2, 0.25) is 0 Å². The summed E-state index contributed by atoms with van der Waals surface area (Å²) in [7, 11) is 0. The molecule has 8 heteroatoms. The van der Waals surface area contributed by atoms with Crippen LogP contribution in [-0.2, 0) is 13.0 Å². The molecular weight excluding hydrogens is 424 g/mol. The summed E-state index contributed by atoms with van der Waals surface area (Å²) in [4.78, 5) is 33.2. The number of thiophene rings is 1. The molecule has 4 heterocycles. The van der Waals surface area contributed by atoms with Gasteiger partial charge < -0.3 is 14.7 Å². The molecule has 1 aliphatic rings. The van der Waals surface area contributed by atoms with Crippen LogP contribution in [-0.4, -0.2) is 33.4 Å². The number of nitrogens with zero attached hydrogens (tertiary/aromatic N) is 3. The first kappa shape index (κ1) is 20.1. The van der Waals surface area contributed by atoms with Crippen molar-refractivity contribution in [3.05, 3.63) is 87.5 Å². The maximum atomic E-state index is 13.2. The number of aromatic nitrogens is 2. The third kappa shape index (κ3) is 3.80. The predicted octanol–water partition coefficient (Wildman–Crippen LogP) is 4.56. The molecule has 3 aromatic heterocycles. The van der Waals surface area contributed by atoms with Crippen LogP contribution in [0.4, 0.5) is 5.69 Å². The molecule has 1 aliphatic heterocycles. The second-order valence-electron chi connectivity index (χ2n) is 7.59. The van der Waals surface area contributed by atoms with Crippen LogP contribution in [0.5, 0.6) is 0 Å². The summed E-state index contributed by atoms with van der Waals surface area (Å²) in [5.74, 6) is 0.0515. The Bertz CT molecular complexity index is 1300. The normalized spacial score (nSPS) is 13.0. The van der Waals surface area contributed by atoms with E-state index in [1.807, 2.05) is 11.8 Å². The zero-order chi connectivity index (χ0) is 22.1. The maximum absolute atomic E-state index is 13.2. The van der Waals surface area contributed by atoms with Gasteiger partial charge in [0.05, 0.1) is 0 Å². The van der Waals surface area contributed by atoms with Crippen molar-refractivity contribution in [3.63, 3.8) is 0 Å². The van der Waals surface area contributed by atoms with E-state index in [9.17, 15) is 9.59 Å². The molecule has 0 fully saturated rings. The predicted molar refractivity (Wildman–Crippen MR) is 122 cm³/mol. The van der Waals surface area contributed by atoms with Crippen LogP contribution in [0.3, 0.4) is 0 Å². The number of fused-ring (bicyclic) bond motifs is 1. The van der Waals surface area contributed by atoms with Crippen molar-refractivity contribution in [2.75, 3.05) is 11.9 Å². The van der Waals surface area contributed by atoms with Gasteiger partial charge >= 0.3 is 0 Å². The van der Waals surface area contributed by atoms with Crippen molar-refractivity contribution in [1.82, 2.24) is 15.0 Å². The number of carbonyl (C=O) groups is 2. The van der Waals surface area contributed by atoms with Gasteiger partial charge in [-0.3, -0.25) is 14.6 Å². The molecule has 0 unspecified atom stereocenters. The highest BCUT2D eigenvalue weighted by Gasteiger charge is 2.24. The Labute approximate surface area is 188 Å². The second-order valence-corrected chi connectivity index (χ2v) is 8.59. The first-order chi connectivity index (χ1) is 15.6. The van der Waals surface area contributed by atoms with E-state index in [1.165, 1.54) is 10.4 Å². The minimum absolute atomic E-state index is 0.0307. The van der Waals surface area contributed by atoms with Crippen molar-refractivity contribution in [3.8, 4) is 11.3 Å². The summed E-state index contributed by atoms with van der Waals surface area (Å²) in [6, 6.07) is 12.6. The SMILES string of the molecule is Cc1c(NC(=O)c2cc(-c3ccncc3)on2)cccc1C(=O)N1CCc2sccc2C1. The number of anilines is 1. The molecule has 0 saturated carbocycles. The fourth-order valence-electron chi connectivity index (χ4n) is 3.82. The zero-order valence-corrected chi connectivity index (χ0v) is 18.2. The molecule has 32 heavy (non-hydrogen) atoms. The van der Waals surface area contributed by atoms with E-state index in [4.69, 9.17) is 4.52 Å². The molecule has 0 saturated heterocycles. The Morgan fingerprint density at radius 2 is 2.00 bits per heavy atom. The molecule has 0 bridgehead atoms. The van der Waals surface area contributed by atoms with E-state index in [1.54, 1.807) is 60.1 Å². The summed E-state index contributed by atoms with van der Waals surface area (Å²) in [6.07, 6.45) is 4.16. The van der Waals surface area contributed by atoms with E-state index in [0.29, 0.717) is 30.1 Å². The van der Waals surface area contributed by atoms with Gasteiger partial charge in [-0.2, -0.15) is 0 Å². The van der Waals surface area contributed by atoms with Crippen molar-refractivity contribution in [2.24, 2.45) is 0 Å². The highest BCUT2D eigenvalue weighted by Crippen LogP contribution is 2.27. The average molecular weight is 445 g/mol. The van der Waals surface area contributed by atoms with Gasteiger partial charge in [0.1, 0.15) is 0 Å². The topological polar surface area (TPSA) is 88.3 Å². The number of hydrogen-bond donors (Lipinski definition) is 1. The summed E-state index contributed by atoms with van der Waals surface area (Å²) in [5.41, 5.74) is 4.04. The van der Waals surface area contributed by atoms with Crippen molar-refractivity contribution >= 4 is 28.8 Å². The number of rotatable bonds is 4. The first-order valence-electron chi connectivity index (χ1n) is 10.2. The quantitative estimate of drug-likeness (QED) is 0.499. The fourth-order valence-corrected chi connectivity index (χ4v) is 4.71. The number of pyridine rings is 1. The van der Waals surface area contributed by atoms with E-state index < -0.39 is 5.91 Å². The van der Waals surface area contributed by atoms with Crippen LogP contribution in [0.15, 0.2) is 64.8 Å². The summed E-state index contributed by atoms with van der Waals surface area (Å²) >= 11 is 1.74. The summed E-state index contributed by atoms with van der Waals surface area (Å²) in [5, 5.41) is 8.82. The van der Waals surface area contributed by atoms with Crippen molar-refractivity contribution < 1.29 is 14.1 Å². The molecular formula is C24H20N4O3S. The van der Waals surface area contributed by atoms with E-state index >= 15 is 0 Å². The molecule has 2 amide bonds. The summed E-state index contributed by atoms with van der Waals surface area (Å²) in [6.45, 7) is 3.15. The summed E-state index contributed by atoms with van der Waals surface area (Å²) < 4.78 is 5.30. The lowest BCUT2D eigenvalue weighted by atomic mass is 10.0. The third-order valence-corrected chi connectivity index (χ3v) is 6.64. The maximum Gasteiger partial charge on any atom is 0.277 e. The second kappa shape index (κ2) is 8.39. The van der Waals surface area contributed by atoms with Gasteiger partial charge in [-0.05, 0) is 60.2 Å². The highest BCUT2D eigenvalue weighted by molar-refractivity contribution is 7.10. The van der Waals surface area contributed by atoms with Gasteiger partial charge in [0, 0.05) is 53.2 Å². The van der Waals surface area contributed by atoms with Crippen molar-refractivity contribution in [2.45, 2.75) is 19.9 Å². The van der Waals surface area contributed by atoms with Gasteiger partial charge in [0.25, 0.3) is 11.8 Å². The van der Waals surface area contributed by atoms with E-state index in [2.05, 4.69) is 26.9 Å². The molecule has 1 aromatic carbocycles. The monoisotopic (exact) mass is 444 g/mol. The lowest BCUT2D eigenvalue weighted by Gasteiger charge is -2.28. The molecule has 160 valence electrons. The Morgan fingerprint density at radius 3 is 2.84 bits per heavy atom. The van der Waals surface area contributed by atoms with Crippen LogP contribution in [0, 0.1) is 6.92 Å². The lowest BCUT2D eigenvalue weighted by Crippen LogP contribution is -2.35. The lowest BCUT2D eigenvalue weighted by molar-refractivity contribution is 0.0735. The average Bonchev–Trinajstić information content (AvgIpc) is 3.50. The van der Waals surface area contributed by atoms with Gasteiger partial charge in [-0.1, -0.05) is 11.2 Å². The number of carbonyl (C=O) groups excluding carboxylic acids is 2. The van der Waals surface area contributed by atoms with Crippen LogP contribution in [0.1, 0.15) is 36.9 Å². The Morgan fingerprint density at radius 1 is 1.16 bits per heavy atom. The number of benzene rings is 1. The van der Waals surface area contributed by atoms with Crippen LogP contribution in [0.25, 0.3) is 11.3 Å². The molecule has 7 nitrogen and oxygen atoms in total. The minimum Gasteiger partial charge on any atom is -0.355 e. The molecule has 1 N–H and O–H groups in total. The standard InChI is InChI=1S/C24H20N4O3S/c1-15-18(24(30)28-11-7-22-17(14-28)8-12-32-22)3-2-4-19(15)26-23(29)20-13-21(31-27-20)16-5-9-25-10-6-16/h2-6,8-10,12-13H,7,11,14H2,1H3,(H,26,29).